The van der Waals surface area contributed by atoms with Gasteiger partial charge in [0.05, 0.1) is 19.3 Å². The molecule has 0 aromatic carbocycles. The highest BCUT2D eigenvalue weighted by Crippen LogP contribution is 2.24. The Morgan fingerprint density at radius 2 is 2.11 bits per heavy atom. The summed E-state index contributed by atoms with van der Waals surface area (Å²) in [6.07, 6.45) is 2.71. The third-order valence-electron chi connectivity index (χ3n) is 3.31. The van der Waals surface area contributed by atoms with E-state index < -0.39 is 10.0 Å². The fourth-order valence-corrected chi connectivity index (χ4v) is 2.41. The Morgan fingerprint density at radius 3 is 2.63 bits per heavy atom. The van der Waals surface area contributed by atoms with Crippen molar-refractivity contribution in [3.05, 3.63) is 12.4 Å². The number of aromatic nitrogens is 2. The molecule has 6 nitrogen and oxygen atoms in total. The molecular weight excluding hydrogens is 266 g/mol. The first-order valence-corrected chi connectivity index (χ1v) is 7.78. The van der Waals surface area contributed by atoms with E-state index in [0.717, 1.165) is 0 Å². The molecule has 0 saturated carbocycles. The van der Waals surface area contributed by atoms with Crippen LogP contribution in [0.25, 0.3) is 0 Å². The molecule has 110 valence electrons. The second kappa shape index (κ2) is 6.02. The van der Waals surface area contributed by atoms with E-state index in [1.54, 1.807) is 0 Å². The van der Waals surface area contributed by atoms with E-state index in [-0.39, 0.29) is 29.4 Å². The van der Waals surface area contributed by atoms with Gasteiger partial charge in [-0.05, 0) is 11.3 Å². The van der Waals surface area contributed by atoms with Crippen LogP contribution in [-0.4, -0.2) is 36.5 Å². The fourth-order valence-electron chi connectivity index (χ4n) is 1.33. The van der Waals surface area contributed by atoms with Gasteiger partial charge in [-0.3, -0.25) is 4.68 Å². The highest BCUT2D eigenvalue weighted by atomic mass is 32.2. The molecule has 1 aromatic rings. The summed E-state index contributed by atoms with van der Waals surface area (Å²) in [6.45, 7) is 8.83. The van der Waals surface area contributed by atoms with Crippen molar-refractivity contribution in [2.75, 3.05) is 13.2 Å². The van der Waals surface area contributed by atoms with Crippen LogP contribution in [0.5, 0.6) is 0 Å². The van der Waals surface area contributed by atoms with Gasteiger partial charge in [0.2, 0.25) is 10.0 Å². The third-order valence-corrected chi connectivity index (χ3v) is 4.69. The lowest BCUT2D eigenvalue weighted by Crippen LogP contribution is -2.33. The van der Waals surface area contributed by atoms with Crippen LogP contribution >= 0.6 is 0 Å². The van der Waals surface area contributed by atoms with E-state index in [2.05, 4.69) is 30.6 Å². The number of sulfonamides is 1. The van der Waals surface area contributed by atoms with Gasteiger partial charge in [-0.1, -0.05) is 27.7 Å². The van der Waals surface area contributed by atoms with Crippen LogP contribution in [0.3, 0.4) is 0 Å². The number of hydrogen-bond donors (Lipinski definition) is 2. The topological polar surface area (TPSA) is 84.2 Å². The Labute approximate surface area is 114 Å². The van der Waals surface area contributed by atoms with Gasteiger partial charge in [-0.25, -0.2) is 13.1 Å². The van der Waals surface area contributed by atoms with Crippen molar-refractivity contribution >= 4 is 10.0 Å². The normalized spacial score (nSPS) is 14.6. The smallest absolute Gasteiger partial charge is 0.243 e. The molecule has 0 saturated heterocycles. The Kier molecular flexibility index (Phi) is 5.11. The summed E-state index contributed by atoms with van der Waals surface area (Å²) in [5.74, 6) is 0.217. The van der Waals surface area contributed by atoms with Gasteiger partial charge in [-0.2, -0.15) is 5.10 Å². The van der Waals surface area contributed by atoms with Gasteiger partial charge in [-0.15, -0.1) is 0 Å². The molecule has 1 rings (SSSR count). The fraction of sp³-hybridized carbons (Fsp3) is 0.750. The Hall–Kier alpha value is -0.920. The first kappa shape index (κ1) is 16.1. The second-order valence-corrected chi connectivity index (χ2v) is 7.55. The quantitative estimate of drug-likeness (QED) is 0.812. The first-order valence-electron chi connectivity index (χ1n) is 6.30. The minimum Gasteiger partial charge on any atom is -0.394 e. The third kappa shape index (κ3) is 4.59. The maximum atomic E-state index is 12.1. The Morgan fingerprint density at radius 1 is 1.47 bits per heavy atom. The zero-order valence-electron chi connectivity index (χ0n) is 11.9. The second-order valence-electron chi connectivity index (χ2n) is 5.78. The molecule has 0 aliphatic heterocycles. The maximum Gasteiger partial charge on any atom is 0.243 e. The SMILES string of the molecule is CC(CNS(=O)(=O)c1cnn(CCO)c1)C(C)(C)C. The van der Waals surface area contributed by atoms with Gasteiger partial charge < -0.3 is 5.11 Å². The summed E-state index contributed by atoms with van der Waals surface area (Å²) in [5.41, 5.74) is 0.0452. The van der Waals surface area contributed by atoms with Gasteiger partial charge in [0, 0.05) is 12.7 Å². The van der Waals surface area contributed by atoms with E-state index in [0.29, 0.717) is 6.54 Å². The number of aliphatic hydroxyl groups excluding tert-OH is 1. The van der Waals surface area contributed by atoms with Crippen molar-refractivity contribution in [2.24, 2.45) is 11.3 Å². The van der Waals surface area contributed by atoms with E-state index >= 15 is 0 Å². The van der Waals surface area contributed by atoms with Crippen molar-refractivity contribution in [3.8, 4) is 0 Å². The largest absolute Gasteiger partial charge is 0.394 e. The molecular formula is C12H23N3O3S. The molecule has 0 aliphatic carbocycles. The highest BCUT2D eigenvalue weighted by molar-refractivity contribution is 7.89. The summed E-state index contributed by atoms with van der Waals surface area (Å²) >= 11 is 0. The van der Waals surface area contributed by atoms with E-state index in [1.807, 2.05) is 6.92 Å². The lowest BCUT2D eigenvalue weighted by molar-refractivity contribution is 0.263. The van der Waals surface area contributed by atoms with E-state index in [9.17, 15) is 8.42 Å². The standard InChI is InChI=1S/C12H23N3O3S/c1-10(12(2,3)4)7-14-19(17,18)11-8-13-15(9-11)5-6-16/h8-10,14,16H,5-7H2,1-4H3. The van der Waals surface area contributed by atoms with E-state index in [4.69, 9.17) is 5.11 Å². The predicted octanol–water partition coefficient (Wildman–Crippen LogP) is 0.836. The number of nitrogens with zero attached hydrogens (tertiary/aromatic N) is 2. The van der Waals surface area contributed by atoms with Crippen molar-refractivity contribution in [1.82, 2.24) is 14.5 Å². The number of nitrogens with one attached hydrogen (secondary N) is 1. The predicted molar refractivity (Wildman–Crippen MR) is 73.1 cm³/mol. The van der Waals surface area contributed by atoms with Crippen molar-refractivity contribution in [2.45, 2.75) is 39.1 Å². The monoisotopic (exact) mass is 289 g/mol. The number of rotatable bonds is 6. The average Bonchev–Trinajstić information content (AvgIpc) is 2.74. The lowest BCUT2D eigenvalue weighted by atomic mass is 9.82. The van der Waals surface area contributed by atoms with E-state index in [1.165, 1.54) is 17.1 Å². The Bertz CT molecular complexity index is 503. The molecule has 0 fully saturated rings. The summed E-state index contributed by atoms with van der Waals surface area (Å²) in [7, 11) is -3.53. The van der Waals surface area contributed by atoms with Gasteiger partial charge in [0.1, 0.15) is 4.90 Å². The van der Waals surface area contributed by atoms with Gasteiger partial charge >= 0.3 is 0 Å². The van der Waals surface area contributed by atoms with Crippen LogP contribution in [0, 0.1) is 11.3 Å². The number of aliphatic hydroxyl groups is 1. The summed E-state index contributed by atoms with van der Waals surface area (Å²) in [5, 5.41) is 12.7. The van der Waals surface area contributed by atoms with Crippen LogP contribution in [0.15, 0.2) is 17.3 Å². The molecule has 7 heteroatoms. The average molecular weight is 289 g/mol. The van der Waals surface area contributed by atoms with Crippen LogP contribution in [0.4, 0.5) is 0 Å². The Balaban J connectivity index is 2.70. The summed E-state index contributed by atoms with van der Waals surface area (Å²) in [4.78, 5) is 0.127. The summed E-state index contributed by atoms with van der Waals surface area (Å²) < 4.78 is 28.1. The van der Waals surface area contributed by atoms with Crippen molar-refractivity contribution < 1.29 is 13.5 Å². The lowest BCUT2D eigenvalue weighted by Gasteiger charge is -2.27. The minimum atomic E-state index is -3.53. The van der Waals surface area contributed by atoms with Gasteiger partial charge in [0.15, 0.2) is 0 Å². The molecule has 2 N–H and O–H groups in total. The molecule has 0 bridgehead atoms. The van der Waals surface area contributed by atoms with Crippen LogP contribution in [-0.2, 0) is 16.6 Å². The minimum absolute atomic E-state index is 0.0452. The molecule has 0 amide bonds. The number of hydrogen-bond acceptors (Lipinski definition) is 4. The maximum absolute atomic E-state index is 12.1. The zero-order chi connectivity index (χ0) is 14.7. The summed E-state index contributed by atoms with van der Waals surface area (Å²) in [6, 6.07) is 0. The molecule has 1 heterocycles. The first-order chi connectivity index (χ1) is 8.66. The van der Waals surface area contributed by atoms with Crippen LogP contribution in [0.1, 0.15) is 27.7 Å². The molecule has 1 atom stereocenters. The highest BCUT2D eigenvalue weighted by Gasteiger charge is 2.23. The zero-order valence-corrected chi connectivity index (χ0v) is 12.7. The van der Waals surface area contributed by atoms with Crippen molar-refractivity contribution in [3.63, 3.8) is 0 Å². The molecule has 1 unspecified atom stereocenters. The molecule has 0 aliphatic rings. The molecule has 0 spiro atoms. The van der Waals surface area contributed by atoms with Crippen molar-refractivity contribution in [1.29, 1.82) is 0 Å². The molecule has 19 heavy (non-hydrogen) atoms. The van der Waals surface area contributed by atoms with Crippen LogP contribution in [0.2, 0.25) is 0 Å². The molecule has 0 radical (unpaired) electrons. The van der Waals surface area contributed by atoms with Crippen LogP contribution < -0.4 is 4.72 Å². The van der Waals surface area contributed by atoms with Gasteiger partial charge in [0.25, 0.3) is 0 Å². The molecule has 1 aromatic heterocycles.